The number of rotatable bonds is 3. The summed E-state index contributed by atoms with van der Waals surface area (Å²) in [7, 11) is -3.45. The molecule has 19 heavy (non-hydrogen) atoms. The van der Waals surface area contributed by atoms with Gasteiger partial charge in [-0.2, -0.15) is 12.7 Å². The minimum Gasteiger partial charge on any atom is -0.493 e. The topological polar surface area (TPSA) is 70.7 Å². The number of ether oxygens (including phenoxy) is 1. The second-order valence-electron chi connectivity index (χ2n) is 4.68. The normalized spacial score (nSPS) is 19.8. The Morgan fingerprint density at radius 1 is 1.26 bits per heavy atom. The van der Waals surface area contributed by atoms with Crippen LogP contribution in [0, 0.1) is 0 Å². The Bertz CT molecular complexity index is 568. The first-order valence-electron chi connectivity index (χ1n) is 6.39. The predicted molar refractivity (Wildman–Crippen MR) is 72.6 cm³/mol. The molecule has 1 aromatic rings. The summed E-state index contributed by atoms with van der Waals surface area (Å²) < 4.78 is 33.9. The molecule has 2 aliphatic heterocycles. The third-order valence-electron chi connectivity index (χ3n) is 3.35. The summed E-state index contributed by atoms with van der Waals surface area (Å²) in [6, 6.07) is 5.41. The molecule has 0 unspecified atom stereocenters. The first-order chi connectivity index (χ1) is 9.15. The fourth-order valence-electron chi connectivity index (χ4n) is 2.35. The van der Waals surface area contributed by atoms with Crippen LogP contribution in [0.25, 0.3) is 0 Å². The van der Waals surface area contributed by atoms with Crippen LogP contribution in [0.1, 0.15) is 5.56 Å². The molecule has 7 heteroatoms. The van der Waals surface area contributed by atoms with E-state index in [4.69, 9.17) is 4.74 Å². The van der Waals surface area contributed by atoms with Crippen LogP contribution in [0.5, 0.6) is 5.75 Å². The second kappa shape index (κ2) is 4.99. The summed E-state index contributed by atoms with van der Waals surface area (Å²) in [4.78, 5) is 0. The molecule has 0 spiro atoms. The Morgan fingerprint density at radius 3 is 2.84 bits per heavy atom. The maximum atomic E-state index is 12.2. The average Bonchev–Trinajstić information content (AvgIpc) is 2.87. The molecule has 104 valence electrons. The first kappa shape index (κ1) is 12.7. The van der Waals surface area contributed by atoms with E-state index in [-0.39, 0.29) is 0 Å². The smallest absolute Gasteiger partial charge is 0.301 e. The summed E-state index contributed by atoms with van der Waals surface area (Å²) in [5.41, 5.74) is 1.66. The van der Waals surface area contributed by atoms with E-state index in [2.05, 4.69) is 10.0 Å². The number of fused-ring (bicyclic) bond motifs is 1. The van der Waals surface area contributed by atoms with Crippen molar-refractivity contribution in [2.45, 2.75) is 6.42 Å². The van der Waals surface area contributed by atoms with Gasteiger partial charge < -0.3 is 10.1 Å². The number of hydrogen-bond acceptors (Lipinski definition) is 4. The van der Waals surface area contributed by atoms with Gasteiger partial charge in [0.25, 0.3) is 0 Å². The number of benzene rings is 1. The third-order valence-corrected chi connectivity index (χ3v) is 4.89. The highest BCUT2D eigenvalue weighted by atomic mass is 32.2. The van der Waals surface area contributed by atoms with E-state index in [1.54, 1.807) is 6.07 Å². The number of anilines is 1. The van der Waals surface area contributed by atoms with Gasteiger partial charge in [0.15, 0.2) is 0 Å². The molecule has 0 amide bonds. The van der Waals surface area contributed by atoms with Gasteiger partial charge in [-0.1, -0.05) is 0 Å². The molecular weight excluding hydrogens is 266 g/mol. The summed E-state index contributed by atoms with van der Waals surface area (Å²) in [6.45, 7) is 3.06. The van der Waals surface area contributed by atoms with Gasteiger partial charge in [0, 0.05) is 32.6 Å². The number of nitrogens with zero attached hydrogens (tertiary/aromatic N) is 1. The van der Waals surface area contributed by atoms with Crippen LogP contribution in [0.2, 0.25) is 0 Å². The largest absolute Gasteiger partial charge is 0.493 e. The molecule has 0 aliphatic carbocycles. The van der Waals surface area contributed by atoms with Gasteiger partial charge in [-0.05, 0) is 23.8 Å². The molecule has 0 bridgehead atoms. The number of nitrogens with one attached hydrogen (secondary N) is 2. The summed E-state index contributed by atoms with van der Waals surface area (Å²) >= 11 is 0. The van der Waals surface area contributed by atoms with E-state index in [1.807, 2.05) is 12.1 Å². The van der Waals surface area contributed by atoms with E-state index >= 15 is 0 Å². The molecule has 2 aliphatic rings. The molecular formula is C12H17N3O3S. The summed E-state index contributed by atoms with van der Waals surface area (Å²) in [5, 5.41) is 3.13. The van der Waals surface area contributed by atoms with Crippen LogP contribution in [-0.4, -0.2) is 45.5 Å². The minimum atomic E-state index is -3.45. The van der Waals surface area contributed by atoms with Gasteiger partial charge in [0.2, 0.25) is 0 Å². The molecule has 2 N–H and O–H groups in total. The van der Waals surface area contributed by atoms with E-state index < -0.39 is 10.2 Å². The highest BCUT2D eigenvalue weighted by molar-refractivity contribution is 7.90. The lowest BCUT2D eigenvalue weighted by molar-refractivity contribution is 0.357. The van der Waals surface area contributed by atoms with Crippen LogP contribution in [0.3, 0.4) is 0 Å². The van der Waals surface area contributed by atoms with Crippen LogP contribution >= 0.6 is 0 Å². The first-order valence-corrected chi connectivity index (χ1v) is 7.83. The number of hydrogen-bond donors (Lipinski definition) is 2. The van der Waals surface area contributed by atoms with Gasteiger partial charge in [-0.25, -0.2) is 0 Å². The van der Waals surface area contributed by atoms with Crippen molar-refractivity contribution < 1.29 is 13.2 Å². The SMILES string of the molecule is O=S(=O)(Nc1ccc2c(c1)CCO2)N1CCNCC1. The third kappa shape index (κ3) is 2.68. The van der Waals surface area contributed by atoms with Crippen molar-refractivity contribution in [3.8, 4) is 5.75 Å². The van der Waals surface area contributed by atoms with Gasteiger partial charge in [-0.15, -0.1) is 0 Å². The van der Waals surface area contributed by atoms with Crippen LogP contribution in [0.4, 0.5) is 5.69 Å². The van der Waals surface area contributed by atoms with E-state index in [1.165, 1.54) is 4.31 Å². The summed E-state index contributed by atoms with van der Waals surface area (Å²) in [5.74, 6) is 0.852. The van der Waals surface area contributed by atoms with Crippen LogP contribution in [-0.2, 0) is 16.6 Å². The molecule has 2 heterocycles. The molecule has 1 saturated heterocycles. The van der Waals surface area contributed by atoms with Crippen LogP contribution < -0.4 is 14.8 Å². The average molecular weight is 283 g/mol. The fourth-order valence-corrected chi connectivity index (χ4v) is 3.57. The lowest BCUT2D eigenvalue weighted by Crippen LogP contribution is -2.48. The molecule has 0 atom stereocenters. The van der Waals surface area contributed by atoms with Crippen molar-refractivity contribution in [2.75, 3.05) is 37.5 Å². The molecule has 1 fully saturated rings. The monoisotopic (exact) mass is 283 g/mol. The van der Waals surface area contributed by atoms with Gasteiger partial charge in [0.05, 0.1) is 12.3 Å². The van der Waals surface area contributed by atoms with Crippen LogP contribution in [0.15, 0.2) is 18.2 Å². The van der Waals surface area contributed by atoms with E-state index in [0.717, 1.165) is 17.7 Å². The van der Waals surface area contributed by atoms with Gasteiger partial charge in [0.1, 0.15) is 5.75 Å². The Labute approximate surface area is 112 Å². The maximum absolute atomic E-state index is 12.2. The fraction of sp³-hybridized carbons (Fsp3) is 0.500. The highest BCUT2D eigenvalue weighted by Gasteiger charge is 2.24. The lowest BCUT2D eigenvalue weighted by atomic mass is 10.1. The molecule has 0 saturated carbocycles. The van der Waals surface area contributed by atoms with E-state index in [0.29, 0.717) is 38.5 Å². The predicted octanol–water partition coefficient (Wildman–Crippen LogP) is 0.183. The van der Waals surface area contributed by atoms with Crippen molar-refractivity contribution in [1.29, 1.82) is 0 Å². The minimum absolute atomic E-state index is 0.503. The van der Waals surface area contributed by atoms with Crippen molar-refractivity contribution in [2.24, 2.45) is 0 Å². The maximum Gasteiger partial charge on any atom is 0.301 e. The zero-order chi connectivity index (χ0) is 13.3. The molecule has 1 aromatic carbocycles. The Morgan fingerprint density at radius 2 is 2.05 bits per heavy atom. The number of piperazine rings is 1. The standard InChI is InChI=1S/C12H17N3O3S/c16-19(17,15-6-4-13-5-7-15)14-11-1-2-12-10(9-11)3-8-18-12/h1-2,9,13-14H,3-8H2. The lowest BCUT2D eigenvalue weighted by Gasteiger charge is -2.26. The zero-order valence-corrected chi connectivity index (χ0v) is 11.4. The van der Waals surface area contributed by atoms with Crippen molar-refractivity contribution in [3.05, 3.63) is 23.8 Å². The van der Waals surface area contributed by atoms with Crippen molar-refractivity contribution >= 4 is 15.9 Å². The Hall–Kier alpha value is -1.31. The molecule has 0 radical (unpaired) electrons. The Balaban J connectivity index is 1.76. The Kier molecular flexibility index (Phi) is 3.34. The van der Waals surface area contributed by atoms with Gasteiger partial charge >= 0.3 is 10.2 Å². The van der Waals surface area contributed by atoms with Crippen molar-refractivity contribution in [3.63, 3.8) is 0 Å². The quantitative estimate of drug-likeness (QED) is 0.830. The second-order valence-corrected chi connectivity index (χ2v) is 6.35. The van der Waals surface area contributed by atoms with Crippen molar-refractivity contribution in [1.82, 2.24) is 9.62 Å². The molecule has 3 rings (SSSR count). The molecule has 6 nitrogen and oxygen atoms in total. The zero-order valence-electron chi connectivity index (χ0n) is 10.6. The molecule has 0 aromatic heterocycles. The summed E-state index contributed by atoms with van der Waals surface area (Å²) in [6.07, 6.45) is 0.832. The van der Waals surface area contributed by atoms with E-state index in [9.17, 15) is 8.42 Å². The highest BCUT2D eigenvalue weighted by Crippen LogP contribution is 2.28. The van der Waals surface area contributed by atoms with Gasteiger partial charge in [-0.3, -0.25) is 4.72 Å².